The van der Waals surface area contributed by atoms with Crippen LogP contribution in [0.1, 0.15) is 25.7 Å². The van der Waals surface area contributed by atoms with Crippen LogP contribution in [0.15, 0.2) is 12.7 Å². The van der Waals surface area contributed by atoms with Gasteiger partial charge in [-0.2, -0.15) is 12.6 Å². The molecule has 2 heteroatoms. The zero-order valence-corrected chi connectivity index (χ0v) is 7.72. The highest BCUT2D eigenvalue weighted by Crippen LogP contribution is 2.24. The summed E-state index contributed by atoms with van der Waals surface area (Å²) >= 11 is 4.42. The molecule has 0 amide bonds. The van der Waals surface area contributed by atoms with Crippen LogP contribution in [0.2, 0.25) is 0 Å². The van der Waals surface area contributed by atoms with Gasteiger partial charge in [0, 0.05) is 5.25 Å². The third-order valence-electron chi connectivity index (χ3n) is 2.09. The van der Waals surface area contributed by atoms with Crippen LogP contribution in [0.5, 0.6) is 0 Å². The molecule has 0 spiro atoms. The molecule has 0 N–H and O–H groups in total. The van der Waals surface area contributed by atoms with Gasteiger partial charge in [0.05, 0.1) is 12.7 Å². The van der Waals surface area contributed by atoms with Crippen molar-refractivity contribution in [3.05, 3.63) is 12.7 Å². The van der Waals surface area contributed by atoms with Gasteiger partial charge in [-0.3, -0.25) is 0 Å². The first-order chi connectivity index (χ1) is 5.33. The summed E-state index contributed by atoms with van der Waals surface area (Å²) in [5.74, 6) is 0. The molecule has 1 saturated carbocycles. The maximum absolute atomic E-state index is 5.53. The van der Waals surface area contributed by atoms with Gasteiger partial charge in [-0.1, -0.05) is 6.08 Å². The fraction of sp³-hybridized carbons (Fsp3) is 0.778. The first-order valence-corrected chi connectivity index (χ1v) is 4.75. The Bertz CT molecular complexity index is 117. The molecule has 0 aromatic heterocycles. The Labute approximate surface area is 74.2 Å². The summed E-state index contributed by atoms with van der Waals surface area (Å²) in [6, 6.07) is 0. The van der Waals surface area contributed by atoms with Crippen molar-refractivity contribution >= 4 is 12.6 Å². The zero-order chi connectivity index (χ0) is 8.10. The highest BCUT2D eigenvalue weighted by molar-refractivity contribution is 7.80. The van der Waals surface area contributed by atoms with E-state index in [0.717, 1.165) is 0 Å². The van der Waals surface area contributed by atoms with E-state index in [-0.39, 0.29) is 0 Å². The van der Waals surface area contributed by atoms with E-state index in [1.165, 1.54) is 25.7 Å². The molecule has 0 aromatic carbocycles. The molecule has 0 heterocycles. The normalized spacial score (nSPS) is 31.7. The smallest absolute Gasteiger partial charge is 0.0648 e. The van der Waals surface area contributed by atoms with Crippen LogP contribution in [0.4, 0.5) is 0 Å². The summed E-state index contributed by atoms with van der Waals surface area (Å²) in [5.41, 5.74) is 0. The van der Waals surface area contributed by atoms with E-state index in [9.17, 15) is 0 Å². The molecule has 1 fully saturated rings. The molecule has 1 aliphatic carbocycles. The molecule has 0 bridgehead atoms. The van der Waals surface area contributed by atoms with Gasteiger partial charge >= 0.3 is 0 Å². The average Bonchev–Trinajstić information content (AvgIpc) is 2.04. The predicted octanol–water partition coefficient (Wildman–Crippen LogP) is 2.43. The molecule has 0 aliphatic heterocycles. The van der Waals surface area contributed by atoms with E-state index in [1.807, 2.05) is 6.08 Å². The molecular formula is C9H16OS. The van der Waals surface area contributed by atoms with E-state index in [0.29, 0.717) is 18.0 Å². The molecule has 1 rings (SSSR count). The molecule has 1 nitrogen and oxygen atoms in total. The van der Waals surface area contributed by atoms with Crippen molar-refractivity contribution < 1.29 is 4.74 Å². The second-order valence-corrected chi connectivity index (χ2v) is 3.78. The lowest BCUT2D eigenvalue weighted by molar-refractivity contribution is 0.0480. The van der Waals surface area contributed by atoms with Gasteiger partial charge in [0.1, 0.15) is 0 Å². The topological polar surface area (TPSA) is 9.23 Å². The van der Waals surface area contributed by atoms with Crippen LogP contribution < -0.4 is 0 Å². The van der Waals surface area contributed by atoms with Crippen molar-refractivity contribution in [2.45, 2.75) is 37.0 Å². The molecule has 0 unspecified atom stereocenters. The number of ether oxygens (including phenoxy) is 1. The van der Waals surface area contributed by atoms with E-state index in [2.05, 4.69) is 19.2 Å². The Morgan fingerprint density at radius 1 is 1.36 bits per heavy atom. The number of thiol groups is 1. The van der Waals surface area contributed by atoms with Gasteiger partial charge in [0.2, 0.25) is 0 Å². The number of hydrogen-bond donors (Lipinski definition) is 1. The molecule has 1 aliphatic rings. The SMILES string of the molecule is C=CCOC1CCC(S)CC1. The summed E-state index contributed by atoms with van der Waals surface area (Å²) < 4.78 is 5.53. The van der Waals surface area contributed by atoms with Crippen molar-refractivity contribution in [3.8, 4) is 0 Å². The lowest BCUT2D eigenvalue weighted by atomic mass is 9.97. The summed E-state index contributed by atoms with van der Waals surface area (Å²) in [7, 11) is 0. The monoisotopic (exact) mass is 172 g/mol. The number of rotatable bonds is 3. The van der Waals surface area contributed by atoms with Gasteiger partial charge in [0.15, 0.2) is 0 Å². The van der Waals surface area contributed by atoms with Gasteiger partial charge in [-0.15, -0.1) is 6.58 Å². The van der Waals surface area contributed by atoms with Crippen molar-refractivity contribution in [3.63, 3.8) is 0 Å². The van der Waals surface area contributed by atoms with E-state index in [4.69, 9.17) is 4.74 Å². The van der Waals surface area contributed by atoms with Gasteiger partial charge in [-0.05, 0) is 25.7 Å². The Balaban J connectivity index is 2.12. The minimum Gasteiger partial charge on any atom is -0.374 e. The van der Waals surface area contributed by atoms with Crippen LogP contribution in [0.25, 0.3) is 0 Å². The van der Waals surface area contributed by atoms with E-state index in [1.54, 1.807) is 0 Å². The Morgan fingerprint density at radius 3 is 2.55 bits per heavy atom. The molecule has 64 valence electrons. The van der Waals surface area contributed by atoms with Crippen LogP contribution in [0.3, 0.4) is 0 Å². The Kier molecular flexibility index (Phi) is 4.02. The molecular weight excluding hydrogens is 156 g/mol. The van der Waals surface area contributed by atoms with Crippen molar-refractivity contribution in [2.24, 2.45) is 0 Å². The highest BCUT2D eigenvalue weighted by atomic mass is 32.1. The van der Waals surface area contributed by atoms with Crippen molar-refractivity contribution in [2.75, 3.05) is 6.61 Å². The summed E-state index contributed by atoms with van der Waals surface area (Å²) in [4.78, 5) is 0. The minimum absolute atomic E-state index is 0.469. The van der Waals surface area contributed by atoms with Crippen molar-refractivity contribution in [1.29, 1.82) is 0 Å². The van der Waals surface area contributed by atoms with Crippen LogP contribution in [-0.4, -0.2) is 18.0 Å². The maximum atomic E-state index is 5.53. The van der Waals surface area contributed by atoms with Crippen LogP contribution in [0, 0.1) is 0 Å². The minimum atomic E-state index is 0.469. The fourth-order valence-corrected chi connectivity index (χ4v) is 1.71. The Hall–Kier alpha value is 0.0500. The van der Waals surface area contributed by atoms with Gasteiger partial charge in [0.25, 0.3) is 0 Å². The highest BCUT2D eigenvalue weighted by Gasteiger charge is 2.18. The first-order valence-electron chi connectivity index (χ1n) is 4.23. The molecule has 0 atom stereocenters. The fourth-order valence-electron chi connectivity index (χ4n) is 1.42. The van der Waals surface area contributed by atoms with Gasteiger partial charge < -0.3 is 4.74 Å². The molecule has 0 radical (unpaired) electrons. The predicted molar refractivity (Wildman–Crippen MR) is 51.2 cm³/mol. The second kappa shape index (κ2) is 4.83. The Morgan fingerprint density at radius 2 is 2.00 bits per heavy atom. The quantitative estimate of drug-likeness (QED) is 0.508. The summed E-state index contributed by atoms with van der Waals surface area (Å²) in [6.07, 6.45) is 7.02. The van der Waals surface area contributed by atoms with E-state index < -0.39 is 0 Å². The third-order valence-corrected chi connectivity index (χ3v) is 2.61. The summed E-state index contributed by atoms with van der Waals surface area (Å²) in [6.45, 7) is 4.32. The largest absolute Gasteiger partial charge is 0.374 e. The van der Waals surface area contributed by atoms with Crippen LogP contribution in [-0.2, 0) is 4.74 Å². The first kappa shape index (κ1) is 9.14. The lowest BCUT2D eigenvalue weighted by Crippen LogP contribution is -2.21. The number of hydrogen-bond acceptors (Lipinski definition) is 2. The van der Waals surface area contributed by atoms with E-state index >= 15 is 0 Å². The lowest BCUT2D eigenvalue weighted by Gasteiger charge is -2.25. The van der Waals surface area contributed by atoms with Crippen LogP contribution >= 0.6 is 12.6 Å². The van der Waals surface area contributed by atoms with Crippen molar-refractivity contribution in [1.82, 2.24) is 0 Å². The standard InChI is InChI=1S/C9H16OS/c1-2-7-10-8-3-5-9(11)6-4-8/h2,8-9,11H,1,3-7H2. The second-order valence-electron chi connectivity index (χ2n) is 3.05. The zero-order valence-electron chi connectivity index (χ0n) is 6.83. The molecule has 11 heavy (non-hydrogen) atoms. The van der Waals surface area contributed by atoms with Gasteiger partial charge in [-0.25, -0.2) is 0 Å². The average molecular weight is 172 g/mol. The third kappa shape index (κ3) is 3.30. The molecule has 0 aromatic rings. The maximum Gasteiger partial charge on any atom is 0.0648 e. The molecule has 0 saturated heterocycles. The summed E-state index contributed by atoms with van der Waals surface area (Å²) in [5, 5.41) is 0.610.